The number of hydrogen-bond donors (Lipinski definition) is 3. The lowest BCUT2D eigenvalue weighted by Gasteiger charge is -2.39. The molecule has 2 rings (SSSR count). The first-order valence-corrected chi connectivity index (χ1v) is 12.8. The molecule has 0 bridgehead atoms. The van der Waals surface area contributed by atoms with Crippen molar-refractivity contribution in [1.29, 1.82) is 0 Å². The van der Waals surface area contributed by atoms with Crippen LogP contribution in [0.4, 0.5) is 0 Å². The Morgan fingerprint density at radius 3 is 2.03 bits per heavy atom. The molecule has 4 atom stereocenters. The SMILES string of the molecule is CCN(C(=O)[C@@H](N)C1CCCCC1)[C@H](C(=O)NC(CC1CCC1)C(=O)C(N)=O)[C@H](C)C(C)C. The second kappa shape index (κ2) is 12.5. The van der Waals surface area contributed by atoms with Gasteiger partial charge in [0.15, 0.2) is 0 Å². The first-order valence-electron chi connectivity index (χ1n) is 12.8. The van der Waals surface area contributed by atoms with Crippen LogP contribution in [-0.2, 0) is 19.2 Å². The van der Waals surface area contributed by atoms with Gasteiger partial charge in [0, 0.05) is 6.54 Å². The summed E-state index contributed by atoms with van der Waals surface area (Å²) in [6.07, 6.45) is 8.60. The van der Waals surface area contributed by atoms with Crippen molar-refractivity contribution in [1.82, 2.24) is 10.2 Å². The molecule has 0 saturated heterocycles. The predicted octanol–water partition coefficient (Wildman–Crippen LogP) is 2.13. The number of ketones is 1. The molecule has 5 N–H and O–H groups in total. The van der Waals surface area contributed by atoms with Crippen LogP contribution in [0, 0.1) is 23.7 Å². The minimum atomic E-state index is -1.05. The number of hydrogen-bond acceptors (Lipinski definition) is 5. The molecule has 0 aromatic rings. The van der Waals surface area contributed by atoms with Gasteiger partial charge in [-0.25, -0.2) is 0 Å². The van der Waals surface area contributed by atoms with E-state index in [-0.39, 0.29) is 23.7 Å². The van der Waals surface area contributed by atoms with E-state index in [9.17, 15) is 19.2 Å². The molecular weight excluding hydrogens is 420 g/mol. The zero-order valence-corrected chi connectivity index (χ0v) is 20.8. The lowest BCUT2D eigenvalue weighted by atomic mass is 9.79. The normalized spacial score (nSPS) is 20.9. The summed E-state index contributed by atoms with van der Waals surface area (Å²) in [5.41, 5.74) is 11.7. The van der Waals surface area contributed by atoms with E-state index in [0.29, 0.717) is 18.9 Å². The van der Waals surface area contributed by atoms with Crippen LogP contribution in [0.25, 0.3) is 0 Å². The molecule has 1 unspecified atom stereocenters. The molecule has 0 spiro atoms. The summed E-state index contributed by atoms with van der Waals surface area (Å²) in [6, 6.07) is -2.37. The predicted molar refractivity (Wildman–Crippen MR) is 128 cm³/mol. The van der Waals surface area contributed by atoms with E-state index in [1.165, 1.54) is 6.42 Å². The van der Waals surface area contributed by atoms with Gasteiger partial charge in [0.2, 0.25) is 17.6 Å². The van der Waals surface area contributed by atoms with Crippen LogP contribution in [-0.4, -0.2) is 53.1 Å². The van der Waals surface area contributed by atoms with Crippen LogP contribution in [0.15, 0.2) is 0 Å². The summed E-state index contributed by atoms with van der Waals surface area (Å²) in [7, 11) is 0. The molecule has 8 nitrogen and oxygen atoms in total. The van der Waals surface area contributed by atoms with E-state index < -0.39 is 35.7 Å². The summed E-state index contributed by atoms with van der Waals surface area (Å²) in [4.78, 5) is 52.7. The molecule has 0 aromatic heterocycles. The Bertz CT molecular complexity index is 701. The lowest BCUT2D eigenvalue weighted by Crippen LogP contribution is -2.60. The van der Waals surface area contributed by atoms with Gasteiger partial charge in [-0.3, -0.25) is 19.2 Å². The fourth-order valence-corrected chi connectivity index (χ4v) is 5.13. The summed E-state index contributed by atoms with van der Waals surface area (Å²) in [5, 5.41) is 2.80. The highest BCUT2D eigenvalue weighted by atomic mass is 16.2. The number of rotatable bonds is 12. The van der Waals surface area contributed by atoms with Crippen molar-refractivity contribution >= 4 is 23.5 Å². The lowest BCUT2D eigenvalue weighted by molar-refractivity contribution is -0.146. The number of likely N-dealkylation sites (N-methyl/N-ethyl adjacent to an activating group) is 1. The molecule has 2 aliphatic rings. The molecule has 3 amide bonds. The van der Waals surface area contributed by atoms with Crippen molar-refractivity contribution in [2.24, 2.45) is 35.1 Å². The number of nitrogens with two attached hydrogens (primary N) is 2. The average molecular weight is 465 g/mol. The van der Waals surface area contributed by atoms with Gasteiger partial charge in [-0.15, -0.1) is 0 Å². The van der Waals surface area contributed by atoms with Gasteiger partial charge >= 0.3 is 0 Å². The quantitative estimate of drug-likeness (QED) is 0.380. The third-order valence-corrected chi connectivity index (χ3v) is 7.89. The summed E-state index contributed by atoms with van der Waals surface area (Å²) in [5.74, 6) is -2.08. The summed E-state index contributed by atoms with van der Waals surface area (Å²) >= 11 is 0. The maximum Gasteiger partial charge on any atom is 0.287 e. The van der Waals surface area contributed by atoms with Gasteiger partial charge in [0.05, 0.1) is 12.1 Å². The first kappa shape index (κ1) is 27.3. The Morgan fingerprint density at radius 1 is 0.970 bits per heavy atom. The van der Waals surface area contributed by atoms with Crippen molar-refractivity contribution in [2.75, 3.05) is 6.54 Å². The standard InChI is InChI=1S/C25H44N4O4/c1-5-29(25(33)20(26)18-12-7-6-8-13-18)21(16(4)15(2)3)24(32)28-19(22(30)23(27)31)14-17-10-9-11-17/h15-21H,5-14,26H2,1-4H3,(H2,27,31)(H,28,32)/t16-,19?,20+,21+/m1/s1. The molecule has 0 heterocycles. The fourth-order valence-electron chi connectivity index (χ4n) is 5.13. The highest BCUT2D eigenvalue weighted by molar-refractivity contribution is 6.37. The topological polar surface area (TPSA) is 136 Å². The smallest absolute Gasteiger partial charge is 0.287 e. The van der Waals surface area contributed by atoms with Crippen molar-refractivity contribution in [3.05, 3.63) is 0 Å². The third kappa shape index (κ3) is 7.01. The van der Waals surface area contributed by atoms with Gasteiger partial charge in [-0.2, -0.15) is 0 Å². The molecule has 2 saturated carbocycles. The Kier molecular flexibility index (Phi) is 10.3. The maximum atomic E-state index is 13.6. The Labute approximate surface area is 198 Å². The molecule has 2 aliphatic carbocycles. The fraction of sp³-hybridized carbons (Fsp3) is 0.840. The van der Waals surface area contributed by atoms with E-state index in [1.54, 1.807) is 4.90 Å². The largest absolute Gasteiger partial charge is 0.363 e. The van der Waals surface area contributed by atoms with Crippen LogP contribution in [0.5, 0.6) is 0 Å². The summed E-state index contributed by atoms with van der Waals surface area (Å²) in [6.45, 7) is 8.13. The monoisotopic (exact) mass is 464 g/mol. The van der Waals surface area contributed by atoms with E-state index in [0.717, 1.165) is 44.9 Å². The van der Waals surface area contributed by atoms with Gasteiger partial charge < -0.3 is 21.7 Å². The van der Waals surface area contributed by atoms with Gasteiger partial charge in [-0.05, 0) is 49.9 Å². The third-order valence-electron chi connectivity index (χ3n) is 7.89. The van der Waals surface area contributed by atoms with Crippen LogP contribution < -0.4 is 16.8 Å². The minimum Gasteiger partial charge on any atom is -0.363 e. The molecule has 0 radical (unpaired) electrons. The maximum absolute atomic E-state index is 13.6. The van der Waals surface area contributed by atoms with E-state index in [1.807, 2.05) is 27.7 Å². The number of primary amides is 1. The number of Topliss-reactive ketones (excluding diaryl/α,β-unsaturated/α-hetero) is 1. The molecule has 0 aromatic carbocycles. The zero-order chi connectivity index (χ0) is 24.7. The zero-order valence-electron chi connectivity index (χ0n) is 20.8. The van der Waals surface area contributed by atoms with Crippen molar-refractivity contribution in [3.63, 3.8) is 0 Å². The van der Waals surface area contributed by atoms with Crippen LogP contribution in [0.3, 0.4) is 0 Å². The minimum absolute atomic E-state index is 0.116. The second-order valence-electron chi connectivity index (χ2n) is 10.4. The molecule has 8 heteroatoms. The number of nitrogens with one attached hydrogen (secondary N) is 1. The first-order chi connectivity index (χ1) is 15.6. The number of amides is 3. The average Bonchev–Trinajstić information content (AvgIpc) is 2.77. The summed E-state index contributed by atoms with van der Waals surface area (Å²) < 4.78 is 0. The Balaban J connectivity index is 2.25. The second-order valence-corrected chi connectivity index (χ2v) is 10.4. The molecule has 33 heavy (non-hydrogen) atoms. The van der Waals surface area contributed by atoms with Gasteiger partial charge in [0.25, 0.3) is 5.91 Å². The molecule has 2 fully saturated rings. The molecule has 0 aliphatic heterocycles. The van der Waals surface area contributed by atoms with Crippen LogP contribution >= 0.6 is 0 Å². The van der Waals surface area contributed by atoms with Crippen molar-refractivity contribution in [3.8, 4) is 0 Å². The Morgan fingerprint density at radius 2 is 1.58 bits per heavy atom. The Hall–Kier alpha value is -1.96. The number of nitrogens with zero attached hydrogens (tertiary/aromatic N) is 1. The van der Waals surface area contributed by atoms with Gasteiger partial charge in [-0.1, -0.05) is 59.3 Å². The molecule has 188 valence electrons. The van der Waals surface area contributed by atoms with Crippen LogP contribution in [0.1, 0.15) is 85.5 Å². The number of carbonyl (C=O) groups excluding carboxylic acids is 4. The van der Waals surface area contributed by atoms with Crippen molar-refractivity contribution < 1.29 is 19.2 Å². The highest BCUT2D eigenvalue weighted by Gasteiger charge is 2.40. The molecular formula is C25H44N4O4. The highest BCUT2D eigenvalue weighted by Crippen LogP contribution is 2.31. The van der Waals surface area contributed by atoms with Gasteiger partial charge in [0.1, 0.15) is 6.04 Å². The van der Waals surface area contributed by atoms with E-state index in [2.05, 4.69) is 5.32 Å². The number of carbonyl (C=O) groups is 4. The van der Waals surface area contributed by atoms with Crippen LogP contribution in [0.2, 0.25) is 0 Å². The van der Waals surface area contributed by atoms with E-state index in [4.69, 9.17) is 11.5 Å². The van der Waals surface area contributed by atoms with Crippen molar-refractivity contribution in [2.45, 2.75) is 104 Å². The van der Waals surface area contributed by atoms with E-state index >= 15 is 0 Å².